The van der Waals surface area contributed by atoms with Crippen LogP contribution in [0.25, 0.3) is 0 Å². The Hall–Kier alpha value is -2.60. The van der Waals surface area contributed by atoms with Crippen molar-refractivity contribution in [1.29, 1.82) is 10.5 Å². The van der Waals surface area contributed by atoms with E-state index in [0.29, 0.717) is 0 Å². The molecule has 0 heterocycles. The Bertz CT molecular complexity index is 502. The first-order valence-electron chi connectivity index (χ1n) is 4.63. The molecule has 0 aliphatic rings. The fourth-order valence-electron chi connectivity index (χ4n) is 1.02. The second-order valence-electron chi connectivity index (χ2n) is 2.98. The zero-order valence-corrected chi connectivity index (χ0v) is 8.74. The molecule has 1 N–H and O–H groups in total. The number of nitrogens with zero attached hydrogens (tertiary/aromatic N) is 2. The van der Waals surface area contributed by atoms with E-state index in [2.05, 4.69) is 5.32 Å². The molecule has 0 unspecified atom stereocenters. The van der Waals surface area contributed by atoms with Crippen LogP contribution in [0.1, 0.15) is 5.56 Å². The van der Waals surface area contributed by atoms with Crippen molar-refractivity contribution in [2.45, 2.75) is 0 Å². The first kappa shape index (κ1) is 12.5. The van der Waals surface area contributed by atoms with Gasteiger partial charge >= 0.3 is 0 Å². The predicted molar refractivity (Wildman–Crippen MR) is 55.2 cm³/mol. The molecule has 1 amide bonds. The zero-order valence-electron chi connectivity index (χ0n) is 8.74. The molecule has 0 aliphatic heterocycles. The molecule has 0 aromatic heterocycles. The minimum atomic E-state index is -0.711. The van der Waals surface area contributed by atoms with Crippen LogP contribution in [0.4, 0.5) is 4.39 Å². The van der Waals surface area contributed by atoms with Gasteiger partial charge in [-0.15, -0.1) is 0 Å². The number of amides is 1. The average molecular weight is 233 g/mol. The predicted octanol–water partition coefficient (Wildman–Crippen LogP) is 0.716. The van der Waals surface area contributed by atoms with Crippen LogP contribution in [-0.4, -0.2) is 19.1 Å². The highest BCUT2D eigenvalue weighted by atomic mass is 19.1. The number of carbonyl (C=O) groups is 1. The number of rotatable bonds is 4. The van der Waals surface area contributed by atoms with Gasteiger partial charge in [0, 0.05) is 0 Å². The lowest BCUT2D eigenvalue weighted by atomic mass is 10.2. The van der Waals surface area contributed by atoms with Crippen molar-refractivity contribution in [3.05, 3.63) is 29.6 Å². The average Bonchev–Trinajstić information content (AvgIpc) is 2.34. The molecule has 5 nitrogen and oxygen atoms in total. The summed E-state index contributed by atoms with van der Waals surface area (Å²) < 4.78 is 18.2. The van der Waals surface area contributed by atoms with E-state index in [0.717, 1.165) is 6.07 Å². The fourth-order valence-corrected chi connectivity index (χ4v) is 1.02. The highest BCUT2D eigenvalue weighted by Crippen LogP contribution is 2.17. The Labute approximate surface area is 97.0 Å². The number of benzene rings is 1. The second kappa shape index (κ2) is 6.09. The second-order valence-corrected chi connectivity index (χ2v) is 2.98. The highest BCUT2D eigenvalue weighted by Gasteiger charge is 2.07. The van der Waals surface area contributed by atoms with E-state index in [1.807, 2.05) is 0 Å². The lowest BCUT2D eigenvalue weighted by molar-refractivity contribution is -0.122. The Morgan fingerprint density at radius 2 is 2.24 bits per heavy atom. The van der Waals surface area contributed by atoms with Crippen LogP contribution in [0.2, 0.25) is 0 Å². The SMILES string of the molecule is N#CCNC(=O)COc1ccc(C#N)cc1F. The van der Waals surface area contributed by atoms with Gasteiger partial charge in [0.15, 0.2) is 18.2 Å². The Morgan fingerprint density at radius 1 is 1.47 bits per heavy atom. The molecule has 1 aromatic carbocycles. The maximum Gasteiger partial charge on any atom is 0.258 e. The van der Waals surface area contributed by atoms with Crippen LogP contribution < -0.4 is 10.1 Å². The monoisotopic (exact) mass is 233 g/mol. The number of nitriles is 2. The van der Waals surface area contributed by atoms with E-state index in [4.69, 9.17) is 15.3 Å². The van der Waals surface area contributed by atoms with Gasteiger partial charge in [0.25, 0.3) is 5.91 Å². The summed E-state index contributed by atoms with van der Waals surface area (Å²) in [7, 11) is 0. The van der Waals surface area contributed by atoms with Crippen LogP contribution in [0.5, 0.6) is 5.75 Å². The molecule has 0 aliphatic carbocycles. The summed E-state index contributed by atoms with van der Waals surface area (Å²) in [5.74, 6) is -1.34. The van der Waals surface area contributed by atoms with E-state index in [1.165, 1.54) is 12.1 Å². The van der Waals surface area contributed by atoms with E-state index in [9.17, 15) is 9.18 Å². The maximum absolute atomic E-state index is 13.3. The molecule has 0 radical (unpaired) electrons. The Morgan fingerprint density at radius 3 is 2.82 bits per heavy atom. The van der Waals surface area contributed by atoms with Crippen molar-refractivity contribution in [2.75, 3.05) is 13.2 Å². The van der Waals surface area contributed by atoms with Crippen molar-refractivity contribution < 1.29 is 13.9 Å². The smallest absolute Gasteiger partial charge is 0.258 e. The van der Waals surface area contributed by atoms with Crippen LogP contribution >= 0.6 is 0 Å². The van der Waals surface area contributed by atoms with Gasteiger partial charge in [-0.3, -0.25) is 4.79 Å². The highest BCUT2D eigenvalue weighted by molar-refractivity contribution is 5.77. The molecule has 1 rings (SSSR count). The minimum Gasteiger partial charge on any atom is -0.481 e. The maximum atomic E-state index is 13.3. The van der Waals surface area contributed by atoms with E-state index in [-0.39, 0.29) is 24.5 Å². The van der Waals surface area contributed by atoms with Crippen molar-refractivity contribution in [2.24, 2.45) is 0 Å². The third-order valence-corrected chi connectivity index (χ3v) is 1.78. The molecule has 86 valence electrons. The lowest BCUT2D eigenvalue weighted by Crippen LogP contribution is -2.29. The van der Waals surface area contributed by atoms with Crippen molar-refractivity contribution in [3.8, 4) is 17.9 Å². The van der Waals surface area contributed by atoms with Crippen LogP contribution in [0.3, 0.4) is 0 Å². The van der Waals surface area contributed by atoms with Gasteiger partial charge in [-0.25, -0.2) is 4.39 Å². The molecule has 0 saturated heterocycles. The van der Waals surface area contributed by atoms with Gasteiger partial charge in [-0.1, -0.05) is 0 Å². The van der Waals surface area contributed by atoms with Crippen LogP contribution in [0.15, 0.2) is 18.2 Å². The van der Waals surface area contributed by atoms with Crippen LogP contribution in [-0.2, 0) is 4.79 Å². The zero-order chi connectivity index (χ0) is 12.7. The summed E-state index contributed by atoms with van der Waals surface area (Å²) in [5.41, 5.74) is 0.170. The largest absolute Gasteiger partial charge is 0.481 e. The molecule has 0 atom stereocenters. The standard InChI is InChI=1S/C11H8FN3O2/c12-9-5-8(6-14)1-2-10(9)17-7-11(16)15-4-3-13/h1-2,5H,4,7H2,(H,15,16). The molecule has 1 aromatic rings. The van der Waals surface area contributed by atoms with Crippen molar-refractivity contribution in [1.82, 2.24) is 5.32 Å². The first-order valence-corrected chi connectivity index (χ1v) is 4.63. The number of ether oxygens (including phenoxy) is 1. The molecule has 0 bridgehead atoms. The summed E-state index contributed by atoms with van der Waals surface area (Å²) in [6.45, 7) is -0.511. The third-order valence-electron chi connectivity index (χ3n) is 1.78. The summed E-state index contributed by atoms with van der Waals surface area (Å²) in [5, 5.41) is 19.0. The molecule has 0 spiro atoms. The van der Waals surface area contributed by atoms with Gasteiger partial charge < -0.3 is 10.1 Å². The Kier molecular flexibility index (Phi) is 4.46. The summed E-state index contributed by atoms with van der Waals surface area (Å²) in [6.07, 6.45) is 0. The first-order chi connectivity index (χ1) is 8.17. The Balaban J connectivity index is 2.56. The van der Waals surface area contributed by atoms with Gasteiger partial charge in [-0.2, -0.15) is 10.5 Å². The molecule has 17 heavy (non-hydrogen) atoms. The molecular weight excluding hydrogens is 225 g/mol. The summed E-state index contributed by atoms with van der Waals surface area (Å²) >= 11 is 0. The molecular formula is C11H8FN3O2. The quantitative estimate of drug-likeness (QED) is 0.776. The van der Waals surface area contributed by atoms with Crippen molar-refractivity contribution in [3.63, 3.8) is 0 Å². The summed E-state index contributed by atoms with van der Waals surface area (Å²) in [6, 6.07) is 7.17. The number of halogens is 1. The van der Waals surface area contributed by atoms with E-state index >= 15 is 0 Å². The van der Waals surface area contributed by atoms with Gasteiger partial charge in [-0.05, 0) is 18.2 Å². The van der Waals surface area contributed by atoms with Crippen molar-refractivity contribution >= 4 is 5.91 Å². The summed E-state index contributed by atoms with van der Waals surface area (Å²) in [4.78, 5) is 11.0. The fraction of sp³-hybridized carbons (Fsp3) is 0.182. The van der Waals surface area contributed by atoms with Gasteiger partial charge in [0.1, 0.15) is 6.54 Å². The number of hydrogen-bond donors (Lipinski definition) is 1. The van der Waals surface area contributed by atoms with Gasteiger partial charge in [0.05, 0.1) is 17.7 Å². The molecule has 6 heteroatoms. The number of nitrogens with one attached hydrogen (secondary N) is 1. The molecule has 0 fully saturated rings. The normalized spacial score (nSPS) is 8.88. The molecule has 0 saturated carbocycles. The van der Waals surface area contributed by atoms with Gasteiger partial charge in [0.2, 0.25) is 0 Å². The third kappa shape index (κ3) is 3.80. The lowest BCUT2D eigenvalue weighted by Gasteiger charge is -2.06. The number of carbonyl (C=O) groups excluding carboxylic acids is 1. The van der Waals surface area contributed by atoms with E-state index < -0.39 is 11.7 Å². The van der Waals surface area contributed by atoms with E-state index in [1.54, 1.807) is 12.1 Å². The number of hydrogen-bond acceptors (Lipinski definition) is 4. The van der Waals surface area contributed by atoms with Crippen LogP contribution in [0, 0.1) is 28.5 Å². The minimum absolute atomic E-state index is 0.115. The topological polar surface area (TPSA) is 85.9 Å².